The standard InChI is InChI=1S/C10H13N3O2S/c1-7(10(14)15-2)3-6-16-9-8(11)12-4-5-13-9/h3-5H,6H2,1-2H3,(H2,11,12). The van der Waals surface area contributed by atoms with Crippen LogP contribution >= 0.6 is 11.8 Å². The van der Waals surface area contributed by atoms with Crippen molar-refractivity contribution in [1.29, 1.82) is 0 Å². The topological polar surface area (TPSA) is 78.1 Å². The summed E-state index contributed by atoms with van der Waals surface area (Å²) in [4.78, 5) is 19.0. The summed E-state index contributed by atoms with van der Waals surface area (Å²) in [6.07, 6.45) is 4.88. The van der Waals surface area contributed by atoms with E-state index in [-0.39, 0.29) is 5.97 Å². The number of hydrogen-bond donors (Lipinski definition) is 1. The molecule has 1 heterocycles. The first-order valence-corrected chi connectivity index (χ1v) is 5.58. The number of rotatable bonds is 4. The average molecular weight is 239 g/mol. The number of carbonyl (C=O) groups excluding carboxylic acids is 1. The number of carbonyl (C=O) groups is 1. The predicted octanol–water partition coefficient (Wildman–Crippen LogP) is 1.27. The van der Waals surface area contributed by atoms with Gasteiger partial charge >= 0.3 is 5.97 Å². The lowest BCUT2D eigenvalue weighted by Gasteiger charge is -2.01. The lowest BCUT2D eigenvalue weighted by atomic mass is 10.3. The second-order valence-electron chi connectivity index (χ2n) is 2.94. The van der Waals surface area contributed by atoms with E-state index in [2.05, 4.69) is 14.7 Å². The first-order chi connectivity index (χ1) is 7.65. The number of hydrogen-bond acceptors (Lipinski definition) is 6. The van der Waals surface area contributed by atoms with E-state index in [1.165, 1.54) is 25.1 Å². The Hall–Kier alpha value is -1.56. The fourth-order valence-corrected chi connectivity index (χ4v) is 1.76. The molecule has 0 saturated heterocycles. The van der Waals surface area contributed by atoms with E-state index in [1.54, 1.807) is 19.2 Å². The van der Waals surface area contributed by atoms with Gasteiger partial charge in [-0.3, -0.25) is 0 Å². The second kappa shape index (κ2) is 6.12. The van der Waals surface area contributed by atoms with E-state index in [4.69, 9.17) is 5.73 Å². The molecule has 16 heavy (non-hydrogen) atoms. The van der Waals surface area contributed by atoms with E-state index in [0.29, 0.717) is 22.2 Å². The van der Waals surface area contributed by atoms with Crippen LogP contribution in [0.5, 0.6) is 0 Å². The minimum absolute atomic E-state index is 0.326. The zero-order valence-corrected chi connectivity index (χ0v) is 9.95. The van der Waals surface area contributed by atoms with Crippen LogP contribution in [0.2, 0.25) is 0 Å². The van der Waals surface area contributed by atoms with Gasteiger partial charge in [-0.15, -0.1) is 0 Å². The number of anilines is 1. The Labute approximate surface area is 98.1 Å². The Morgan fingerprint density at radius 2 is 2.25 bits per heavy atom. The third kappa shape index (κ3) is 3.54. The molecule has 0 aliphatic rings. The van der Waals surface area contributed by atoms with Gasteiger partial charge in [0.2, 0.25) is 0 Å². The Kier molecular flexibility index (Phi) is 4.78. The molecule has 1 rings (SSSR count). The molecule has 1 aromatic heterocycles. The van der Waals surface area contributed by atoms with Crippen LogP contribution in [-0.2, 0) is 9.53 Å². The zero-order valence-electron chi connectivity index (χ0n) is 9.14. The number of nitrogen functional groups attached to an aromatic ring is 1. The molecule has 0 fully saturated rings. The highest BCUT2D eigenvalue weighted by atomic mass is 32.2. The minimum Gasteiger partial charge on any atom is -0.466 e. The van der Waals surface area contributed by atoms with Gasteiger partial charge in [0, 0.05) is 23.7 Å². The molecule has 1 aromatic rings. The summed E-state index contributed by atoms with van der Waals surface area (Å²) in [5.74, 6) is 0.674. The molecule has 0 radical (unpaired) electrons. The molecule has 0 spiro atoms. The SMILES string of the molecule is COC(=O)C(C)=CCSc1nccnc1N. The van der Waals surface area contributed by atoms with Crippen molar-refractivity contribution < 1.29 is 9.53 Å². The normalized spacial score (nSPS) is 11.2. The van der Waals surface area contributed by atoms with Crippen molar-refractivity contribution in [1.82, 2.24) is 9.97 Å². The Balaban J connectivity index is 2.53. The fraction of sp³-hybridized carbons (Fsp3) is 0.300. The summed E-state index contributed by atoms with van der Waals surface area (Å²) in [6, 6.07) is 0. The maximum atomic E-state index is 11.1. The van der Waals surface area contributed by atoms with Crippen molar-refractivity contribution in [3.05, 3.63) is 24.0 Å². The molecule has 0 aliphatic heterocycles. The van der Waals surface area contributed by atoms with Crippen molar-refractivity contribution in [2.24, 2.45) is 0 Å². The van der Waals surface area contributed by atoms with Gasteiger partial charge in [0.05, 0.1) is 7.11 Å². The molecule has 0 amide bonds. The van der Waals surface area contributed by atoms with Crippen LogP contribution in [0.1, 0.15) is 6.92 Å². The quantitative estimate of drug-likeness (QED) is 0.484. The van der Waals surface area contributed by atoms with Gasteiger partial charge in [-0.2, -0.15) is 0 Å². The van der Waals surface area contributed by atoms with E-state index in [1.807, 2.05) is 0 Å². The van der Waals surface area contributed by atoms with Gasteiger partial charge < -0.3 is 10.5 Å². The second-order valence-corrected chi connectivity index (χ2v) is 3.95. The van der Waals surface area contributed by atoms with E-state index >= 15 is 0 Å². The van der Waals surface area contributed by atoms with Crippen molar-refractivity contribution in [3.63, 3.8) is 0 Å². The summed E-state index contributed by atoms with van der Waals surface area (Å²) in [5.41, 5.74) is 6.18. The molecule has 2 N–H and O–H groups in total. The molecule has 5 nitrogen and oxygen atoms in total. The number of esters is 1. The number of methoxy groups -OCH3 is 1. The van der Waals surface area contributed by atoms with Crippen LogP contribution in [0.15, 0.2) is 29.1 Å². The molecule has 0 bridgehead atoms. The fourth-order valence-electron chi connectivity index (χ4n) is 0.937. The van der Waals surface area contributed by atoms with Crippen LogP contribution < -0.4 is 5.73 Å². The Morgan fingerprint density at radius 1 is 1.56 bits per heavy atom. The minimum atomic E-state index is -0.326. The predicted molar refractivity (Wildman–Crippen MR) is 62.9 cm³/mol. The number of nitrogens with zero attached hydrogens (tertiary/aromatic N) is 2. The monoisotopic (exact) mass is 239 g/mol. The zero-order chi connectivity index (χ0) is 12.0. The van der Waals surface area contributed by atoms with Crippen LogP contribution in [0.4, 0.5) is 5.82 Å². The highest BCUT2D eigenvalue weighted by molar-refractivity contribution is 7.99. The molecule has 0 atom stereocenters. The molecule has 86 valence electrons. The van der Waals surface area contributed by atoms with Gasteiger partial charge in [-0.05, 0) is 6.92 Å². The molecule has 0 aliphatic carbocycles. The number of ether oxygens (including phenoxy) is 1. The summed E-state index contributed by atoms with van der Waals surface area (Å²) < 4.78 is 4.57. The molecule has 0 unspecified atom stereocenters. The Bertz CT molecular complexity index is 407. The van der Waals surface area contributed by atoms with E-state index < -0.39 is 0 Å². The summed E-state index contributed by atoms with van der Waals surface area (Å²) in [7, 11) is 1.35. The number of aromatic nitrogens is 2. The largest absolute Gasteiger partial charge is 0.466 e. The third-order valence-electron chi connectivity index (χ3n) is 1.81. The Morgan fingerprint density at radius 3 is 2.88 bits per heavy atom. The van der Waals surface area contributed by atoms with Gasteiger partial charge in [0.15, 0.2) is 5.82 Å². The first kappa shape index (κ1) is 12.5. The molecule has 6 heteroatoms. The lowest BCUT2D eigenvalue weighted by molar-refractivity contribution is -0.136. The summed E-state index contributed by atoms with van der Waals surface area (Å²) in [6.45, 7) is 1.70. The summed E-state index contributed by atoms with van der Waals surface area (Å²) >= 11 is 1.42. The average Bonchev–Trinajstić information content (AvgIpc) is 2.30. The molecule has 0 aromatic carbocycles. The molecule has 0 saturated carbocycles. The van der Waals surface area contributed by atoms with Gasteiger partial charge in [-0.25, -0.2) is 14.8 Å². The van der Waals surface area contributed by atoms with Crippen LogP contribution in [0.3, 0.4) is 0 Å². The van der Waals surface area contributed by atoms with Crippen LogP contribution in [0.25, 0.3) is 0 Å². The van der Waals surface area contributed by atoms with E-state index in [0.717, 1.165) is 0 Å². The lowest BCUT2D eigenvalue weighted by Crippen LogP contribution is -2.01. The highest BCUT2D eigenvalue weighted by Crippen LogP contribution is 2.19. The van der Waals surface area contributed by atoms with Gasteiger partial charge in [-0.1, -0.05) is 17.8 Å². The van der Waals surface area contributed by atoms with Crippen LogP contribution in [0, 0.1) is 0 Å². The number of thioether (sulfide) groups is 1. The molecular weight excluding hydrogens is 226 g/mol. The maximum Gasteiger partial charge on any atom is 0.333 e. The van der Waals surface area contributed by atoms with Crippen molar-refractivity contribution in [2.45, 2.75) is 11.9 Å². The summed E-state index contributed by atoms with van der Waals surface area (Å²) in [5, 5.41) is 0.663. The highest BCUT2D eigenvalue weighted by Gasteiger charge is 2.03. The van der Waals surface area contributed by atoms with Gasteiger partial charge in [0.1, 0.15) is 5.03 Å². The number of nitrogens with two attached hydrogens (primary N) is 1. The first-order valence-electron chi connectivity index (χ1n) is 4.59. The van der Waals surface area contributed by atoms with Crippen molar-refractivity contribution in [3.8, 4) is 0 Å². The van der Waals surface area contributed by atoms with Crippen molar-refractivity contribution >= 4 is 23.5 Å². The van der Waals surface area contributed by atoms with Crippen LogP contribution in [-0.4, -0.2) is 28.8 Å². The van der Waals surface area contributed by atoms with Crippen molar-refractivity contribution in [2.75, 3.05) is 18.6 Å². The van der Waals surface area contributed by atoms with Gasteiger partial charge in [0.25, 0.3) is 0 Å². The molecular formula is C10H13N3O2S. The van der Waals surface area contributed by atoms with E-state index in [9.17, 15) is 4.79 Å². The smallest absolute Gasteiger partial charge is 0.333 e. The maximum absolute atomic E-state index is 11.1. The third-order valence-corrected chi connectivity index (χ3v) is 2.73.